The number of phenolic OH excluding ortho intramolecular Hbond substituents is 1. The number of phenols is 1. The first kappa shape index (κ1) is 14.5. The zero-order valence-corrected chi connectivity index (χ0v) is 11.0. The molecule has 1 aromatic rings. The molecule has 6 nitrogen and oxygen atoms in total. The van der Waals surface area contributed by atoms with E-state index in [2.05, 4.69) is 4.74 Å². The van der Waals surface area contributed by atoms with E-state index in [1.165, 1.54) is 31.3 Å². The van der Waals surface area contributed by atoms with Gasteiger partial charge in [0.25, 0.3) is 0 Å². The summed E-state index contributed by atoms with van der Waals surface area (Å²) in [4.78, 5) is 11.0. The SMILES string of the molecule is CCOC(=O)CN(C)S(=O)(=O)c1ccccc1O. The average Bonchev–Trinajstić information content (AvgIpc) is 2.29. The number of carbonyl (C=O) groups is 1. The van der Waals surface area contributed by atoms with Crippen LogP contribution in [0.3, 0.4) is 0 Å². The van der Waals surface area contributed by atoms with Gasteiger partial charge in [0, 0.05) is 7.05 Å². The van der Waals surface area contributed by atoms with Gasteiger partial charge in [-0.1, -0.05) is 12.1 Å². The summed E-state index contributed by atoms with van der Waals surface area (Å²) in [6.07, 6.45) is 0. The van der Waals surface area contributed by atoms with E-state index in [0.29, 0.717) is 0 Å². The Morgan fingerprint density at radius 2 is 2.00 bits per heavy atom. The summed E-state index contributed by atoms with van der Waals surface area (Å²) in [7, 11) is -2.65. The van der Waals surface area contributed by atoms with Gasteiger partial charge in [-0.15, -0.1) is 0 Å². The van der Waals surface area contributed by atoms with Crippen molar-refractivity contribution in [1.82, 2.24) is 4.31 Å². The Labute approximate surface area is 106 Å². The number of benzene rings is 1. The summed E-state index contributed by atoms with van der Waals surface area (Å²) >= 11 is 0. The van der Waals surface area contributed by atoms with Gasteiger partial charge >= 0.3 is 5.97 Å². The molecule has 1 N–H and O–H groups in total. The van der Waals surface area contributed by atoms with Crippen LogP contribution >= 0.6 is 0 Å². The molecule has 1 rings (SSSR count). The number of hydrogen-bond acceptors (Lipinski definition) is 5. The van der Waals surface area contributed by atoms with Crippen LogP contribution < -0.4 is 0 Å². The minimum atomic E-state index is -3.90. The van der Waals surface area contributed by atoms with Crippen LogP contribution in [0.1, 0.15) is 6.92 Å². The first-order valence-electron chi connectivity index (χ1n) is 5.29. The zero-order valence-electron chi connectivity index (χ0n) is 10.2. The molecule has 0 spiro atoms. The molecule has 100 valence electrons. The van der Waals surface area contributed by atoms with Gasteiger partial charge in [-0.25, -0.2) is 8.42 Å². The Hall–Kier alpha value is -1.60. The Morgan fingerprint density at radius 3 is 2.56 bits per heavy atom. The molecule has 0 saturated carbocycles. The average molecular weight is 273 g/mol. The molecular formula is C11H15NO5S. The minimum absolute atomic E-state index is 0.184. The fourth-order valence-corrected chi connectivity index (χ4v) is 2.51. The third-order valence-corrected chi connectivity index (χ3v) is 4.06. The second kappa shape index (κ2) is 5.83. The van der Waals surface area contributed by atoms with Crippen molar-refractivity contribution >= 4 is 16.0 Å². The molecule has 0 aromatic heterocycles. The van der Waals surface area contributed by atoms with Gasteiger partial charge in [-0.2, -0.15) is 4.31 Å². The summed E-state index contributed by atoms with van der Waals surface area (Å²) in [6.45, 7) is 1.42. The van der Waals surface area contributed by atoms with Crippen molar-refractivity contribution < 1.29 is 23.1 Å². The van der Waals surface area contributed by atoms with Crippen LogP contribution in [0.15, 0.2) is 29.2 Å². The quantitative estimate of drug-likeness (QED) is 0.793. The Morgan fingerprint density at radius 1 is 1.39 bits per heavy atom. The lowest BCUT2D eigenvalue weighted by Gasteiger charge is -2.16. The number of ether oxygens (including phenoxy) is 1. The van der Waals surface area contributed by atoms with Gasteiger partial charge in [0.1, 0.15) is 17.2 Å². The standard InChI is InChI=1S/C11H15NO5S/c1-3-17-11(14)8-12(2)18(15,16)10-7-5-4-6-9(10)13/h4-7,13H,3,8H2,1-2H3. The molecule has 0 radical (unpaired) electrons. The molecule has 0 aliphatic rings. The summed E-state index contributed by atoms with van der Waals surface area (Å²) in [6, 6.07) is 5.54. The van der Waals surface area contributed by atoms with E-state index < -0.39 is 22.5 Å². The predicted molar refractivity (Wildman–Crippen MR) is 64.6 cm³/mol. The Kier molecular flexibility index (Phi) is 4.69. The van der Waals surface area contributed by atoms with Crippen molar-refractivity contribution in [2.24, 2.45) is 0 Å². The second-order valence-corrected chi connectivity index (χ2v) is 5.55. The number of esters is 1. The summed E-state index contributed by atoms with van der Waals surface area (Å²) in [5, 5.41) is 9.51. The molecule has 0 aliphatic carbocycles. The van der Waals surface area contributed by atoms with E-state index in [0.717, 1.165) is 4.31 Å². The van der Waals surface area contributed by atoms with Crippen LogP contribution in [0.25, 0.3) is 0 Å². The fraction of sp³-hybridized carbons (Fsp3) is 0.364. The van der Waals surface area contributed by atoms with E-state index in [1.807, 2.05) is 0 Å². The van der Waals surface area contributed by atoms with Crippen LogP contribution in [-0.2, 0) is 19.6 Å². The molecule has 0 aliphatic heterocycles. The van der Waals surface area contributed by atoms with Crippen molar-refractivity contribution in [3.05, 3.63) is 24.3 Å². The van der Waals surface area contributed by atoms with Gasteiger partial charge in [-0.05, 0) is 19.1 Å². The van der Waals surface area contributed by atoms with Crippen LogP contribution in [0, 0.1) is 0 Å². The number of nitrogens with zero attached hydrogens (tertiary/aromatic N) is 1. The zero-order chi connectivity index (χ0) is 13.8. The molecule has 0 atom stereocenters. The monoisotopic (exact) mass is 273 g/mol. The highest BCUT2D eigenvalue weighted by atomic mass is 32.2. The number of likely N-dealkylation sites (N-methyl/N-ethyl adjacent to an activating group) is 1. The van der Waals surface area contributed by atoms with Gasteiger partial charge in [0.15, 0.2) is 0 Å². The normalized spacial score (nSPS) is 11.5. The van der Waals surface area contributed by atoms with Crippen molar-refractivity contribution in [3.8, 4) is 5.75 Å². The maximum Gasteiger partial charge on any atom is 0.321 e. The van der Waals surface area contributed by atoms with Crippen molar-refractivity contribution in [1.29, 1.82) is 0 Å². The molecule has 0 unspecified atom stereocenters. The number of para-hydroxylation sites is 1. The predicted octanol–water partition coefficient (Wildman–Crippen LogP) is 0.576. The second-order valence-electron chi connectivity index (χ2n) is 3.53. The molecule has 0 saturated heterocycles. The highest BCUT2D eigenvalue weighted by Crippen LogP contribution is 2.24. The van der Waals surface area contributed by atoms with Gasteiger partial charge in [0.2, 0.25) is 10.0 Å². The largest absolute Gasteiger partial charge is 0.507 e. The first-order chi connectivity index (χ1) is 8.39. The summed E-state index contributed by atoms with van der Waals surface area (Å²) < 4.78 is 29.6. The van der Waals surface area contributed by atoms with Crippen molar-refractivity contribution in [3.63, 3.8) is 0 Å². The minimum Gasteiger partial charge on any atom is -0.507 e. The number of carbonyl (C=O) groups excluding carboxylic acids is 1. The van der Waals surface area contributed by atoms with E-state index in [-0.39, 0.29) is 17.3 Å². The molecule has 7 heteroatoms. The lowest BCUT2D eigenvalue weighted by molar-refractivity contribution is -0.143. The van der Waals surface area contributed by atoms with Crippen molar-refractivity contribution in [2.75, 3.05) is 20.2 Å². The van der Waals surface area contributed by atoms with E-state index in [1.54, 1.807) is 6.92 Å². The molecule has 0 amide bonds. The van der Waals surface area contributed by atoms with E-state index in [9.17, 15) is 18.3 Å². The highest BCUT2D eigenvalue weighted by molar-refractivity contribution is 7.89. The maximum absolute atomic E-state index is 12.1. The van der Waals surface area contributed by atoms with Crippen LogP contribution in [0.2, 0.25) is 0 Å². The molecule has 18 heavy (non-hydrogen) atoms. The third kappa shape index (κ3) is 3.21. The lowest BCUT2D eigenvalue weighted by Crippen LogP contribution is -2.33. The summed E-state index contributed by atoms with van der Waals surface area (Å²) in [5.74, 6) is -0.993. The van der Waals surface area contributed by atoms with Crippen LogP contribution in [0.4, 0.5) is 0 Å². The lowest BCUT2D eigenvalue weighted by atomic mass is 10.3. The number of hydrogen-bond donors (Lipinski definition) is 1. The van der Waals surface area contributed by atoms with Crippen LogP contribution in [0.5, 0.6) is 5.75 Å². The smallest absolute Gasteiger partial charge is 0.321 e. The van der Waals surface area contributed by atoms with Gasteiger partial charge in [-0.3, -0.25) is 4.79 Å². The van der Waals surface area contributed by atoms with E-state index in [4.69, 9.17) is 0 Å². The first-order valence-corrected chi connectivity index (χ1v) is 6.73. The van der Waals surface area contributed by atoms with E-state index >= 15 is 0 Å². The topological polar surface area (TPSA) is 83.9 Å². The summed E-state index contributed by atoms with van der Waals surface area (Å²) in [5.41, 5.74) is 0. The third-order valence-electron chi connectivity index (χ3n) is 2.21. The molecule has 0 fully saturated rings. The Bertz CT molecular complexity index is 526. The fourth-order valence-electron chi connectivity index (χ4n) is 1.32. The Balaban J connectivity index is 2.94. The molecule has 0 heterocycles. The maximum atomic E-state index is 12.1. The molecule has 0 bridgehead atoms. The van der Waals surface area contributed by atoms with Crippen molar-refractivity contribution in [2.45, 2.75) is 11.8 Å². The van der Waals surface area contributed by atoms with Gasteiger partial charge in [0.05, 0.1) is 6.61 Å². The number of rotatable bonds is 5. The van der Waals surface area contributed by atoms with Gasteiger partial charge < -0.3 is 9.84 Å². The molecular weight excluding hydrogens is 258 g/mol. The highest BCUT2D eigenvalue weighted by Gasteiger charge is 2.25. The number of aromatic hydroxyl groups is 1. The number of sulfonamides is 1. The molecule has 1 aromatic carbocycles. The van der Waals surface area contributed by atoms with Crippen LogP contribution in [-0.4, -0.2) is 44.0 Å².